The maximum absolute atomic E-state index is 8.82. The van der Waals surface area contributed by atoms with Gasteiger partial charge in [-0.25, -0.2) is 0 Å². The minimum atomic E-state index is 0.258. The summed E-state index contributed by atoms with van der Waals surface area (Å²) in [5, 5.41) is 12.9. The quantitative estimate of drug-likeness (QED) is 0.841. The minimum Gasteiger partial charge on any atom is -0.374 e. The van der Waals surface area contributed by atoms with E-state index in [9.17, 15) is 0 Å². The summed E-state index contributed by atoms with van der Waals surface area (Å²) in [7, 11) is 0. The number of nitrogens with zero attached hydrogens (tertiary/aromatic N) is 3. The molecule has 2 fully saturated rings. The number of rotatable bonds is 2. The van der Waals surface area contributed by atoms with E-state index in [2.05, 4.69) is 16.2 Å². The Morgan fingerprint density at radius 3 is 3.00 bits per heavy atom. The molecule has 0 N–H and O–H groups in total. The third kappa shape index (κ3) is 1.78. The Labute approximate surface area is 113 Å². The van der Waals surface area contributed by atoms with E-state index in [1.54, 1.807) is 6.07 Å². The van der Waals surface area contributed by atoms with Crippen molar-refractivity contribution in [2.45, 2.75) is 37.4 Å². The van der Waals surface area contributed by atoms with Crippen LogP contribution in [-0.2, 0) is 4.74 Å². The average Bonchev–Trinajstić information content (AvgIpc) is 3.19. The van der Waals surface area contributed by atoms with Crippen LogP contribution in [0.15, 0.2) is 16.7 Å². The predicted molar refractivity (Wildman–Crippen MR) is 67.6 cm³/mol. The lowest BCUT2D eigenvalue weighted by molar-refractivity contribution is 0.0996. The van der Waals surface area contributed by atoms with E-state index in [0.717, 1.165) is 30.0 Å². The first-order valence-corrected chi connectivity index (χ1v) is 7.14. The molecular formula is C13H11N3O2S. The van der Waals surface area contributed by atoms with Crippen LogP contribution in [0.25, 0.3) is 10.8 Å². The van der Waals surface area contributed by atoms with Crippen molar-refractivity contribution in [3.8, 4) is 16.8 Å². The summed E-state index contributed by atoms with van der Waals surface area (Å²) < 4.78 is 11.1. The summed E-state index contributed by atoms with van der Waals surface area (Å²) in [6.45, 7) is 0. The fourth-order valence-corrected chi connectivity index (χ4v) is 3.63. The van der Waals surface area contributed by atoms with Gasteiger partial charge in [0.25, 0.3) is 5.89 Å². The summed E-state index contributed by atoms with van der Waals surface area (Å²) in [6.07, 6.45) is 3.88. The summed E-state index contributed by atoms with van der Waals surface area (Å²) in [5.74, 6) is 1.52. The number of aromatic nitrogens is 2. The molecule has 0 aromatic carbocycles. The minimum absolute atomic E-state index is 0.258. The van der Waals surface area contributed by atoms with E-state index in [4.69, 9.17) is 14.5 Å². The van der Waals surface area contributed by atoms with Crippen LogP contribution in [-0.4, -0.2) is 22.3 Å². The first-order chi connectivity index (χ1) is 9.33. The highest BCUT2D eigenvalue weighted by atomic mass is 32.1. The van der Waals surface area contributed by atoms with Gasteiger partial charge in [-0.05, 0) is 31.4 Å². The number of hydrogen-bond acceptors (Lipinski definition) is 6. The largest absolute Gasteiger partial charge is 0.374 e. The molecule has 2 bridgehead atoms. The molecule has 2 aliphatic rings. The molecule has 4 heterocycles. The van der Waals surface area contributed by atoms with E-state index in [1.165, 1.54) is 11.3 Å². The SMILES string of the molecule is N#Cc1ccc(-c2nc(C3CC4CCC3O4)no2)s1. The standard InChI is InChI=1S/C13H11N3O2S/c14-6-8-2-4-11(19-8)13-15-12(16-18-13)9-5-7-1-3-10(9)17-7/h2,4,7,9-10H,1,3,5H2. The summed E-state index contributed by atoms with van der Waals surface area (Å²) >= 11 is 1.37. The molecule has 3 atom stereocenters. The first-order valence-electron chi connectivity index (χ1n) is 6.33. The molecule has 0 saturated carbocycles. The summed E-state index contributed by atoms with van der Waals surface area (Å²) in [5.41, 5.74) is 0. The zero-order valence-electron chi connectivity index (χ0n) is 10.1. The highest BCUT2D eigenvalue weighted by Gasteiger charge is 2.43. The monoisotopic (exact) mass is 273 g/mol. The van der Waals surface area contributed by atoms with Gasteiger partial charge in [0.15, 0.2) is 5.82 Å². The molecule has 2 aromatic heterocycles. The van der Waals surface area contributed by atoms with Crippen LogP contribution in [0, 0.1) is 11.3 Å². The molecule has 0 amide bonds. The van der Waals surface area contributed by atoms with E-state index >= 15 is 0 Å². The molecule has 2 aromatic rings. The zero-order chi connectivity index (χ0) is 12.8. The number of nitriles is 1. The molecule has 0 radical (unpaired) electrons. The van der Waals surface area contributed by atoms with E-state index in [0.29, 0.717) is 16.9 Å². The lowest BCUT2D eigenvalue weighted by atomic mass is 9.89. The van der Waals surface area contributed by atoms with Crippen LogP contribution in [0.4, 0.5) is 0 Å². The van der Waals surface area contributed by atoms with Gasteiger partial charge in [0.1, 0.15) is 10.9 Å². The third-order valence-electron chi connectivity index (χ3n) is 3.81. The first kappa shape index (κ1) is 11.1. The maximum atomic E-state index is 8.82. The Kier molecular flexibility index (Phi) is 2.43. The van der Waals surface area contributed by atoms with Crippen LogP contribution in [0.2, 0.25) is 0 Å². The Morgan fingerprint density at radius 2 is 2.32 bits per heavy atom. The van der Waals surface area contributed by atoms with Crippen molar-refractivity contribution < 1.29 is 9.26 Å². The molecule has 2 aliphatic heterocycles. The average molecular weight is 273 g/mol. The molecule has 5 nitrogen and oxygen atoms in total. The van der Waals surface area contributed by atoms with Crippen molar-refractivity contribution in [1.29, 1.82) is 5.26 Å². The molecule has 4 rings (SSSR count). The van der Waals surface area contributed by atoms with Gasteiger partial charge >= 0.3 is 0 Å². The second-order valence-electron chi connectivity index (χ2n) is 4.95. The smallest absolute Gasteiger partial charge is 0.268 e. The van der Waals surface area contributed by atoms with Crippen molar-refractivity contribution in [3.63, 3.8) is 0 Å². The van der Waals surface area contributed by atoms with Crippen molar-refractivity contribution in [2.75, 3.05) is 0 Å². The van der Waals surface area contributed by atoms with Crippen molar-refractivity contribution in [2.24, 2.45) is 0 Å². The molecule has 0 spiro atoms. The third-order valence-corrected chi connectivity index (χ3v) is 4.78. The van der Waals surface area contributed by atoms with E-state index in [-0.39, 0.29) is 12.0 Å². The summed E-state index contributed by atoms with van der Waals surface area (Å²) in [4.78, 5) is 5.97. The number of thiophene rings is 1. The van der Waals surface area contributed by atoms with Gasteiger partial charge in [-0.1, -0.05) is 5.16 Å². The van der Waals surface area contributed by atoms with E-state index in [1.807, 2.05) is 6.07 Å². The van der Waals surface area contributed by atoms with Crippen LogP contribution in [0.3, 0.4) is 0 Å². The summed E-state index contributed by atoms with van der Waals surface area (Å²) in [6, 6.07) is 5.72. The molecule has 3 unspecified atom stereocenters. The van der Waals surface area contributed by atoms with Gasteiger partial charge < -0.3 is 9.26 Å². The van der Waals surface area contributed by atoms with Gasteiger partial charge in [0.05, 0.1) is 23.0 Å². The van der Waals surface area contributed by atoms with Crippen LogP contribution >= 0.6 is 11.3 Å². The number of hydrogen-bond donors (Lipinski definition) is 0. The van der Waals surface area contributed by atoms with Crippen LogP contribution in [0.1, 0.15) is 35.9 Å². The predicted octanol–water partition coefficient (Wildman–Crippen LogP) is 2.70. The van der Waals surface area contributed by atoms with Crippen molar-refractivity contribution in [3.05, 3.63) is 22.8 Å². The molecule has 96 valence electrons. The lowest BCUT2D eigenvalue weighted by Crippen LogP contribution is -2.15. The van der Waals surface area contributed by atoms with Crippen LogP contribution in [0.5, 0.6) is 0 Å². The Morgan fingerprint density at radius 1 is 1.37 bits per heavy atom. The van der Waals surface area contributed by atoms with E-state index < -0.39 is 0 Å². The lowest BCUT2D eigenvalue weighted by Gasteiger charge is -2.13. The number of fused-ring (bicyclic) bond motifs is 2. The second kappa shape index (κ2) is 4.15. The Bertz CT molecular complexity index is 657. The van der Waals surface area contributed by atoms with Gasteiger partial charge in [-0.2, -0.15) is 10.2 Å². The highest BCUT2D eigenvalue weighted by molar-refractivity contribution is 7.15. The van der Waals surface area contributed by atoms with Gasteiger partial charge in [-0.15, -0.1) is 11.3 Å². The number of ether oxygens (including phenoxy) is 1. The fourth-order valence-electron chi connectivity index (χ4n) is 2.91. The van der Waals surface area contributed by atoms with Gasteiger partial charge in [0.2, 0.25) is 0 Å². The molecule has 0 aliphatic carbocycles. The zero-order valence-corrected chi connectivity index (χ0v) is 10.9. The molecular weight excluding hydrogens is 262 g/mol. The normalized spacial score (nSPS) is 28.7. The fraction of sp³-hybridized carbons (Fsp3) is 0.462. The van der Waals surface area contributed by atoms with Gasteiger partial charge in [0, 0.05) is 0 Å². The van der Waals surface area contributed by atoms with Crippen molar-refractivity contribution >= 4 is 11.3 Å². The van der Waals surface area contributed by atoms with Crippen molar-refractivity contribution in [1.82, 2.24) is 10.1 Å². The van der Waals surface area contributed by atoms with Crippen LogP contribution < -0.4 is 0 Å². The molecule has 2 saturated heterocycles. The van der Waals surface area contributed by atoms with Gasteiger partial charge in [-0.3, -0.25) is 0 Å². The Hall–Kier alpha value is -1.71. The second-order valence-corrected chi connectivity index (χ2v) is 6.03. The topological polar surface area (TPSA) is 71.9 Å². The Balaban J connectivity index is 1.61. The molecule has 6 heteroatoms. The molecule has 19 heavy (non-hydrogen) atoms. The maximum Gasteiger partial charge on any atom is 0.268 e. The highest BCUT2D eigenvalue weighted by Crippen LogP contribution is 2.43.